The van der Waals surface area contributed by atoms with E-state index >= 15 is 0 Å². The van der Waals surface area contributed by atoms with Crippen LogP contribution in [0.2, 0.25) is 5.02 Å². The standard InChI is InChI=1S/C12H14ClN3O3/c1-17-9-5-7(13)3-4-8(9)11-15-12(19-16-11)10(6-14)18-2/h3-5,10H,6,14H2,1-2H3. The number of rotatable bonds is 5. The van der Waals surface area contributed by atoms with Crippen molar-refractivity contribution in [3.8, 4) is 17.1 Å². The summed E-state index contributed by atoms with van der Waals surface area (Å²) in [6, 6.07) is 5.18. The van der Waals surface area contributed by atoms with Crippen LogP contribution < -0.4 is 10.5 Å². The topological polar surface area (TPSA) is 83.4 Å². The lowest BCUT2D eigenvalue weighted by Gasteiger charge is -2.06. The van der Waals surface area contributed by atoms with Crippen LogP contribution in [-0.4, -0.2) is 30.9 Å². The molecule has 1 aromatic carbocycles. The van der Waals surface area contributed by atoms with Crippen LogP contribution in [0.3, 0.4) is 0 Å². The van der Waals surface area contributed by atoms with Crippen molar-refractivity contribution < 1.29 is 14.0 Å². The van der Waals surface area contributed by atoms with Gasteiger partial charge in [-0.1, -0.05) is 16.8 Å². The van der Waals surface area contributed by atoms with E-state index in [9.17, 15) is 0 Å². The Hall–Kier alpha value is -1.63. The van der Waals surface area contributed by atoms with Crippen molar-refractivity contribution in [3.05, 3.63) is 29.1 Å². The van der Waals surface area contributed by atoms with Gasteiger partial charge in [0.2, 0.25) is 5.82 Å². The van der Waals surface area contributed by atoms with Crippen molar-refractivity contribution in [1.82, 2.24) is 10.1 Å². The lowest BCUT2D eigenvalue weighted by molar-refractivity contribution is 0.0804. The molecule has 0 bridgehead atoms. The number of hydrogen-bond acceptors (Lipinski definition) is 6. The second-order valence-electron chi connectivity index (χ2n) is 3.76. The highest BCUT2D eigenvalue weighted by molar-refractivity contribution is 6.30. The fraction of sp³-hybridized carbons (Fsp3) is 0.333. The maximum Gasteiger partial charge on any atom is 0.257 e. The number of ether oxygens (including phenoxy) is 2. The highest BCUT2D eigenvalue weighted by Crippen LogP contribution is 2.31. The number of methoxy groups -OCH3 is 2. The van der Waals surface area contributed by atoms with E-state index in [1.807, 2.05) is 0 Å². The summed E-state index contributed by atoms with van der Waals surface area (Å²) in [5.74, 6) is 1.30. The Morgan fingerprint density at radius 3 is 2.84 bits per heavy atom. The van der Waals surface area contributed by atoms with Crippen molar-refractivity contribution >= 4 is 11.6 Å². The van der Waals surface area contributed by atoms with Crippen LogP contribution in [0.15, 0.2) is 22.7 Å². The predicted molar refractivity (Wildman–Crippen MR) is 70.1 cm³/mol. The van der Waals surface area contributed by atoms with Crippen LogP contribution in [-0.2, 0) is 4.74 Å². The molecule has 1 atom stereocenters. The minimum atomic E-state index is -0.417. The average molecular weight is 284 g/mol. The van der Waals surface area contributed by atoms with Gasteiger partial charge in [0.1, 0.15) is 11.9 Å². The smallest absolute Gasteiger partial charge is 0.257 e. The van der Waals surface area contributed by atoms with Gasteiger partial charge in [0.15, 0.2) is 0 Å². The molecule has 1 aromatic heterocycles. The molecule has 1 unspecified atom stereocenters. The number of nitrogens with two attached hydrogens (primary N) is 1. The van der Waals surface area contributed by atoms with Gasteiger partial charge in [0.05, 0.1) is 12.7 Å². The van der Waals surface area contributed by atoms with Crippen LogP contribution >= 0.6 is 11.6 Å². The van der Waals surface area contributed by atoms with Crippen LogP contribution in [0.4, 0.5) is 0 Å². The Labute approximate surface area is 115 Å². The van der Waals surface area contributed by atoms with Gasteiger partial charge < -0.3 is 19.7 Å². The van der Waals surface area contributed by atoms with Gasteiger partial charge in [-0.25, -0.2) is 0 Å². The van der Waals surface area contributed by atoms with Crippen LogP contribution in [0.5, 0.6) is 5.75 Å². The van der Waals surface area contributed by atoms with E-state index in [4.69, 9.17) is 31.3 Å². The van der Waals surface area contributed by atoms with Crippen molar-refractivity contribution in [3.63, 3.8) is 0 Å². The van der Waals surface area contributed by atoms with Crippen LogP contribution in [0.1, 0.15) is 12.0 Å². The molecule has 0 aliphatic carbocycles. The van der Waals surface area contributed by atoms with E-state index in [1.165, 1.54) is 7.11 Å². The second-order valence-corrected chi connectivity index (χ2v) is 4.20. The Morgan fingerprint density at radius 1 is 1.42 bits per heavy atom. The zero-order valence-corrected chi connectivity index (χ0v) is 11.3. The molecule has 0 aliphatic rings. The maximum absolute atomic E-state index is 5.90. The Kier molecular flexibility index (Phi) is 4.36. The predicted octanol–water partition coefficient (Wildman–Crippen LogP) is 2.04. The van der Waals surface area contributed by atoms with Crippen molar-refractivity contribution in [2.75, 3.05) is 20.8 Å². The third-order valence-corrected chi connectivity index (χ3v) is 2.86. The number of halogens is 1. The van der Waals surface area contributed by atoms with E-state index in [0.29, 0.717) is 28.1 Å². The van der Waals surface area contributed by atoms with Crippen LogP contribution in [0.25, 0.3) is 11.4 Å². The molecule has 102 valence electrons. The summed E-state index contributed by atoms with van der Waals surface area (Å²) >= 11 is 5.90. The van der Waals surface area contributed by atoms with Gasteiger partial charge >= 0.3 is 0 Å². The summed E-state index contributed by atoms with van der Waals surface area (Å²) in [5.41, 5.74) is 6.23. The molecular weight excluding hydrogens is 270 g/mol. The third kappa shape index (κ3) is 2.86. The van der Waals surface area contributed by atoms with Crippen molar-refractivity contribution in [2.24, 2.45) is 5.73 Å². The van der Waals surface area contributed by atoms with Gasteiger partial charge in [-0.05, 0) is 18.2 Å². The first-order valence-corrected chi connectivity index (χ1v) is 5.97. The summed E-state index contributed by atoms with van der Waals surface area (Å²) in [4.78, 5) is 4.25. The monoisotopic (exact) mass is 283 g/mol. The van der Waals surface area contributed by atoms with Gasteiger partial charge in [0.25, 0.3) is 5.89 Å². The van der Waals surface area contributed by atoms with Crippen molar-refractivity contribution in [1.29, 1.82) is 0 Å². The molecule has 0 aliphatic heterocycles. The summed E-state index contributed by atoms with van der Waals surface area (Å²) in [6.07, 6.45) is -0.417. The highest BCUT2D eigenvalue weighted by Gasteiger charge is 2.19. The molecule has 19 heavy (non-hydrogen) atoms. The molecule has 7 heteroatoms. The van der Waals surface area contributed by atoms with E-state index < -0.39 is 6.10 Å². The largest absolute Gasteiger partial charge is 0.496 e. The zero-order chi connectivity index (χ0) is 13.8. The van der Waals surface area contributed by atoms with E-state index in [-0.39, 0.29) is 6.54 Å². The van der Waals surface area contributed by atoms with E-state index in [0.717, 1.165) is 0 Å². The minimum Gasteiger partial charge on any atom is -0.496 e. The average Bonchev–Trinajstić information content (AvgIpc) is 2.89. The zero-order valence-electron chi connectivity index (χ0n) is 10.6. The molecule has 2 rings (SSSR count). The first kappa shape index (κ1) is 13.8. The quantitative estimate of drug-likeness (QED) is 0.904. The van der Waals surface area contributed by atoms with Crippen LogP contribution in [0, 0.1) is 0 Å². The molecule has 0 saturated heterocycles. The van der Waals surface area contributed by atoms with E-state index in [1.54, 1.807) is 25.3 Å². The summed E-state index contributed by atoms with van der Waals surface area (Å²) in [5, 5.41) is 4.47. The maximum atomic E-state index is 5.90. The molecule has 2 N–H and O–H groups in total. The Balaban J connectivity index is 2.37. The molecule has 0 saturated carbocycles. The fourth-order valence-electron chi connectivity index (χ4n) is 1.62. The number of hydrogen-bond donors (Lipinski definition) is 1. The lowest BCUT2D eigenvalue weighted by atomic mass is 10.2. The highest BCUT2D eigenvalue weighted by atomic mass is 35.5. The third-order valence-electron chi connectivity index (χ3n) is 2.62. The van der Waals surface area contributed by atoms with Gasteiger partial charge in [-0.2, -0.15) is 4.98 Å². The van der Waals surface area contributed by atoms with Crippen molar-refractivity contribution in [2.45, 2.75) is 6.10 Å². The summed E-state index contributed by atoms with van der Waals surface area (Å²) in [7, 11) is 3.08. The van der Waals surface area contributed by atoms with Gasteiger partial charge in [-0.3, -0.25) is 0 Å². The molecule has 0 amide bonds. The van der Waals surface area contributed by atoms with Gasteiger partial charge in [-0.15, -0.1) is 0 Å². The van der Waals surface area contributed by atoms with E-state index in [2.05, 4.69) is 10.1 Å². The first-order chi connectivity index (χ1) is 9.19. The number of nitrogens with zero attached hydrogens (tertiary/aromatic N) is 2. The molecule has 0 radical (unpaired) electrons. The molecule has 6 nitrogen and oxygen atoms in total. The SMILES string of the molecule is COc1cc(Cl)ccc1-c1noc(C(CN)OC)n1. The first-order valence-electron chi connectivity index (χ1n) is 5.60. The number of aromatic nitrogens is 2. The molecule has 1 heterocycles. The second kappa shape index (κ2) is 6.01. The molecule has 2 aromatic rings. The minimum absolute atomic E-state index is 0.260. The normalized spacial score (nSPS) is 12.4. The number of benzene rings is 1. The van der Waals surface area contributed by atoms with Gasteiger partial charge in [0, 0.05) is 18.7 Å². The summed E-state index contributed by atoms with van der Waals surface area (Å²) < 4.78 is 15.5. The fourth-order valence-corrected chi connectivity index (χ4v) is 1.79. The molecule has 0 spiro atoms. The lowest BCUT2D eigenvalue weighted by Crippen LogP contribution is -2.14. The Morgan fingerprint density at radius 2 is 2.21 bits per heavy atom. The molecule has 0 fully saturated rings. The summed E-state index contributed by atoms with van der Waals surface area (Å²) in [6.45, 7) is 0.260. The Bertz CT molecular complexity index is 555. The molecular formula is C12H14ClN3O3.